The average molecular weight is 430 g/mol. The number of carbonyl (C=O) groups is 1. The van der Waals surface area contributed by atoms with Crippen molar-refractivity contribution in [1.82, 2.24) is 0 Å². The predicted octanol–water partition coefficient (Wildman–Crippen LogP) is 6.38. The molecule has 0 saturated heterocycles. The minimum absolute atomic E-state index is 0.295. The minimum Gasteiger partial charge on any atom is -0.428 e. The van der Waals surface area contributed by atoms with Crippen LogP contribution in [0.1, 0.15) is 73.4 Å². The molecule has 29 heavy (non-hydrogen) atoms. The first-order valence-electron chi connectivity index (χ1n) is 9.43. The van der Waals surface area contributed by atoms with Gasteiger partial charge in [-0.25, -0.2) is 9.36 Å². The van der Waals surface area contributed by atoms with Gasteiger partial charge in [0, 0.05) is 25.3 Å². The Morgan fingerprint density at radius 3 is 1.55 bits per heavy atom. The van der Waals surface area contributed by atoms with E-state index in [1.54, 1.807) is 32.9 Å². The molecule has 0 heterocycles. The monoisotopic (exact) mass is 430 g/mol. The molecular weight excluding hydrogens is 395 g/mol. The van der Waals surface area contributed by atoms with Crippen LogP contribution in [0.25, 0.3) is 0 Å². The maximum atomic E-state index is 12.5. The standard InChI is InChI=1S/C21H35O7P/c1-19(2,3)15-12-14(28-29(23,24-10)25-11)13-16(20(4,5)6)17(15)26-18(22)27-21(7,8)9/h12-13H,1-11H3. The van der Waals surface area contributed by atoms with E-state index in [4.69, 9.17) is 23.0 Å². The van der Waals surface area contributed by atoms with Crippen molar-refractivity contribution in [2.75, 3.05) is 14.2 Å². The molecule has 0 saturated carbocycles. The van der Waals surface area contributed by atoms with Gasteiger partial charge in [-0.05, 0) is 43.7 Å². The Morgan fingerprint density at radius 2 is 1.24 bits per heavy atom. The lowest BCUT2D eigenvalue weighted by molar-refractivity contribution is 0.0199. The second kappa shape index (κ2) is 8.66. The van der Waals surface area contributed by atoms with Gasteiger partial charge < -0.3 is 14.0 Å². The molecule has 0 spiro atoms. The van der Waals surface area contributed by atoms with E-state index in [0.29, 0.717) is 22.6 Å². The molecule has 0 radical (unpaired) electrons. The Labute approximate surface area is 174 Å². The summed E-state index contributed by atoms with van der Waals surface area (Å²) in [6.07, 6.45) is -0.790. The lowest BCUT2D eigenvalue weighted by atomic mass is 9.79. The van der Waals surface area contributed by atoms with E-state index in [1.165, 1.54) is 14.2 Å². The Hall–Kier alpha value is -1.56. The fraction of sp³-hybridized carbons (Fsp3) is 0.667. The van der Waals surface area contributed by atoms with Crippen LogP contribution in [-0.4, -0.2) is 26.0 Å². The fourth-order valence-corrected chi connectivity index (χ4v) is 3.17. The third-order valence-corrected chi connectivity index (χ3v) is 5.25. The van der Waals surface area contributed by atoms with Crippen molar-refractivity contribution in [2.45, 2.75) is 78.7 Å². The number of ether oxygens (including phenoxy) is 2. The van der Waals surface area contributed by atoms with Gasteiger partial charge in [-0.3, -0.25) is 9.05 Å². The molecule has 0 aromatic heterocycles. The van der Waals surface area contributed by atoms with Crippen molar-refractivity contribution in [1.29, 1.82) is 0 Å². The first-order chi connectivity index (χ1) is 12.9. The van der Waals surface area contributed by atoms with Crippen LogP contribution < -0.4 is 9.26 Å². The highest BCUT2D eigenvalue weighted by Crippen LogP contribution is 2.50. The molecule has 8 heteroatoms. The molecule has 0 bridgehead atoms. The highest BCUT2D eigenvalue weighted by molar-refractivity contribution is 7.48. The fourth-order valence-electron chi connectivity index (χ4n) is 2.51. The van der Waals surface area contributed by atoms with E-state index in [2.05, 4.69) is 0 Å². The summed E-state index contributed by atoms with van der Waals surface area (Å²) >= 11 is 0. The van der Waals surface area contributed by atoms with Gasteiger partial charge in [0.1, 0.15) is 17.1 Å². The van der Waals surface area contributed by atoms with Crippen molar-refractivity contribution in [3.05, 3.63) is 23.3 Å². The lowest BCUT2D eigenvalue weighted by Crippen LogP contribution is -2.28. The summed E-state index contributed by atoms with van der Waals surface area (Å²) in [6.45, 7) is 17.2. The Kier molecular flexibility index (Phi) is 7.61. The number of phosphoric ester groups is 1. The molecule has 7 nitrogen and oxygen atoms in total. The SMILES string of the molecule is COP(=O)(OC)Oc1cc(C(C)(C)C)c(OC(=O)OC(C)(C)C)c(C(C)(C)C)c1. The normalized spacial score (nSPS) is 13.2. The van der Waals surface area contributed by atoms with Crippen LogP contribution in [0.5, 0.6) is 11.5 Å². The van der Waals surface area contributed by atoms with Crippen molar-refractivity contribution in [2.24, 2.45) is 0 Å². The second-order valence-electron chi connectivity index (χ2n) is 9.82. The molecule has 0 aliphatic rings. The van der Waals surface area contributed by atoms with E-state index >= 15 is 0 Å². The number of carbonyl (C=O) groups excluding carboxylic acids is 1. The highest BCUT2D eigenvalue weighted by Gasteiger charge is 2.33. The van der Waals surface area contributed by atoms with Crippen LogP contribution in [-0.2, 0) is 29.2 Å². The molecule has 1 aromatic rings. The van der Waals surface area contributed by atoms with Crippen LogP contribution in [0.4, 0.5) is 4.79 Å². The van der Waals surface area contributed by atoms with Crippen LogP contribution in [0, 0.1) is 0 Å². The van der Waals surface area contributed by atoms with Gasteiger partial charge in [-0.1, -0.05) is 41.5 Å². The molecule has 0 aliphatic heterocycles. The van der Waals surface area contributed by atoms with Gasteiger partial charge >= 0.3 is 14.0 Å². The maximum Gasteiger partial charge on any atom is 0.529 e. The number of hydrogen-bond donors (Lipinski definition) is 0. The molecular formula is C21H35O7P. The first kappa shape index (κ1) is 25.5. The first-order valence-corrected chi connectivity index (χ1v) is 10.9. The van der Waals surface area contributed by atoms with Gasteiger partial charge in [-0.15, -0.1) is 0 Å². The summed E-state index contributed by atoms with van der Waals surface area (Å²) in [7, 11) is -1.25. The van der Waals surface area contributed by atoms with E-state index in [9.17, 15) is 9.36 Å². The summed E-state index contributed by atoms with van der Waals surface area (Å²) in [4.78, 5) is 12.4. The van der Waals surface area contributed by atoms with E-state index in [1.807, 2.05) is 41.5 Å². The number of rotatable bonds is 5. The number of benzene rings is 1. The molecule has 1 aromatic carbocycles. The highest BCUT2D eigenvalue weighted by atomic mass is 31.2. The Balaban J connectivity index is 3.64. The zero-order valence-corrected chi connectivity index (χ0v) is 20.4. The topological polar surface area (TPSA) is 80.3 Å². The molecule has 166 valence electrons. The van der Waals surface area contributed by atoms with Crippen molar-refractivity contribution >= 4 is 14.0 Å². The molecule has 0 unspecified atom stereocenters. The quantitative estimate of drug-likeness (QED) is 0.305. The van der Waals surface area contributed by atoms with Gasteiger partial charge in [0.25, 0.3) is 0 Å². The van der Waals surface area contributed by atoms with Crippen molar-refractivity contribution in [3.8, 4) is 11.5 Å². The van der Waals surface area contributed by atoms with E-state index in [0.717, 1.165) is 0 Å². The number of phosphoric acid groups is 1. The van der Waals surface area contributed by atoms with Gasteiger partial charge in [0.2, 0.25) is 0 Å². The molecule has 0 atom stereocenters. The summed E-state index contributed by atoms with van der Waals surface area (Å²) in [5, 5.41) is 0. The third kappa shape index (κ3) is 7.32. The molecule has 0 amide bonds. The van der Waals surface area contributed by atoms with Crippen molar-refractivity contribution in [3.63, 3.8) is 0 Å². The molecule has 1 rings (SSSR count). The summed E-state index contributed by atoms with van der Waals surface area (Å²) in [5.74, 6) is 0.694. The molecule has 0 fully saturated rings. The van der Waals surface area contributed by atoms with Crippen LogP contribution in [0.15, 0.2) is 12.1 Å². The summed E-state index contributed by atoms with van der Waals surface area (Å²) < 4.78 is 38.9. The Morgan fingerprint density at radius 1 is 0.828 bits per heavy atom. The minimum atomic E-state index is -3.75. The van der Waals surface area contributed by atoms with Crippen LogP contribution in [0.2, 0.25) is 0 Å². The smallest absolute Gasteiger partial charge is 0.428 e. The average Bonchev–Trinajstić information content (AvgIpc) is 2.52. The summed E-state index contributed by atoms with van der Waals surface area (Å²) in [6, 6.07) is 3.36. The van der Waals surface area contributed by atoms with Crippen molar-refractivity contribution < 1.29 is 32.4 Å². The third-order valence-electron chi connectivity index (χ3n) is 3.92. The van der Waals surface area contributed by atoms with Gasteiger partial charge in [-0.2, -0.15) is 0 Å². The molecule has 0 aliphatic carbocycles. The summed E-state index contributed by atoms with van der Waals surface area (Å²) in [5.41, 5.74) is -0.121. The lowest BCUT2D eigenvalue weighted by Gasteiger charge is -2.30. The number of hydrogen-bond acceptors (Lipinski definition) is 7. The maximum absolute atomic E-state index is 12.5. The zero-order chi connectivity index (χ0) is 22.8. The van der Waals surface area contributed by atoms with Crippen LogP contribution in [0.3, 0.4) is 0 Å². The molecule has 0 N–H and O–H groups in total. The van der Waals surface area contributed by atoms with Crippen LogP contribution >= 0.6 is 7.82 Å². The van der Waals surface area contributed by atoms with Gasteiger partial charge in [0.15, 0.2) is 0 Å². The van der Waals surface area contributed by atoms with E-state index < -0.39 is 30.4 Å². The van der Waals surface area contributed by atoms with Gasteiger partial charge in [0.05, 0.1) is 0 Å². The zero-order valence-electron chi connectivity index (χ0n) is 19.5. The second-order valence-corrected chi connectivity index (χ2v) is 11.6. The Bertz CT molecular complexity index is 737. The van der Waals surface area contributed by atoms with E-state index in [-0.39, 0.29) is 0 Å². The largest absolute Gasteiger partial charge is 0.529 e. The predicted molar refractivity (Wildman–Crippen MR) is 113 cm³/mol.